The summed E-state index contributed by atoms with van der Waals surface area (Å²) in [4.78, 5) is 9.72. The first-order chi connectivity index (χ1) is 22.3. The standard InChI is InChI=1S/C41H30N4/c1-42-36(29-15-5-2-6-16-29)27-37(30-17-7-3-8-18-30)43-28-44-38-23-13-11-21-32(38)34-25-26-35-33-22-12-14-24-39(33)45(41(35)40(34)44)31-19-9-4-10-20-31/h2-27H,1,28H2/b36-27-,43-37+. The van der Waals surface area contributed by atoms with Crippen molar-refractivity contribution in [2.45, 2.75) is 6.67 Å². The summed E-state index contributed by atoms with van der Waals surface area (Å²) in [7, 11) is 0. The molecular weight excluding hydrogens is 548 g/mol. The van der Waals surface area contributed by atoms with Crippen molar-refractivity contribution in [3.63, 3.8) is 0 Å². The van der Waals surface area contributed by atoms with Crippen molar-refractivity contribution in [3.8, 4) is 5.69 Å². The van der Waals surface area contributed by atoms with Crippen LogP contribution in [0.3, 0.4) is 0 Å². The lowest BCUT2D eigenvalue weighted by molar-refractivity contribution is 0.794. The van der Waals surface area contributed by atoms with Crippen LogP contribution in [0.5, 0.6) is 0 Å². The van der Waals surface area contributed by atoms with Gasteiger partial charge in [-0.05, 0) is 42.6 Å². The van der Waals surface area contributed by atoms with Crippen molar-refractivity contribution in [1.29, 1.82) is 0 Å². The Morgan fingerprint density at radius 2 is 1.07 bits per heavy atom. The maximum absolute atomic E-state index is 5.32. The number of aromatic nitrogens is 2. The van der Waals surface area contributed by atoms with Gasteiger partial charge in [0.25, 0.3) is 0 Å². The van der Waals surface area contributed by atoms with E-state index in [-0.39, 0.29) is 0 Å². The van der Waals surface area contributed by atoms with E-state index in [1.165, 1.54) is 38.1 Å². The topological polar surface area (TPSA) is 34.6 Å². The summed E-state index contributed by atoms with van der Waals surface area (Å²) >= 11 is 0. The zero-order valence-corrected chi connectivity index (χ0v) is 24.7. The molecule has 0 fully saturated rings. The van der Waals surface area contributed by atoms with Gasteiger partial charge in [0.15, 0.2) is 0 Å². The molecule has 0 unspecified atom stereocenters. The molecule has 0 aliphatic carbocycles. The van der Waals surface area contributed by atoms with E-state index < -0.39 is 0 Å². The molecule has 0 amide bonds. The molecule has 8 rings (SSSR count). The van der Waals surface area contributed by atoms with Crippen LogP contribution in [0, 0.1) is 0 Å². The molecule has 0 spiro atoms. The highest BCUT2D eigenvalue weighted by molar-refractivity contribution is 6.23. The molecule has 0 aliphatic heterocycles. The first-order valence-corrected chi connectivity index (χ1v) is 15.1. The van der Waals surface area contributed by atoms with Gasteiger partial charge in [-0.25, -0.2) is 0 Å². The number of hydrogen-bond acceptors (Lipinski definition) is 2. The SMILES string of the molecule is C=N/C(=C\C(=N/Cn1c2ccccc2c2ccc3c4ccccc4n(-c4ccccc4)c3c21)c1ccccc1)c1ccccc1. The highest BCUT2D eigenvalue weighted by Gasteiger charge is 2.20. The maximum atomic E-state index is 5.32. The van der Waals surface area contributed by atoms with E-state index in [4.69, 9.17) is 4.99 Å². The Labute approximate surface area is 261 Å². The van der Waals surface area contributed by atoms with Gasteiger partial charge in [-0.3, -0.25) is 9.98 Å². The highest BCUT2D eigenvalue weighted by Crippen LogP contribution is 2.40. The monoisotopic (exact) mass is 578 g/mol. The summed E-state index contributed by atoms with van der Waals surface area (Å²) in [5, 5.41) is 4.88. The Balaban J connectivity index is 1.42. The van der Waals surface area contributed by atoms with Gasteiger partial charge in [0.2, 0.25) is 0 Å². The predicted molar refractivity (Wildman–Crippen MR) is 191 cm³/mol. The average molecular weight is 579 g/mol. The van der Waals surface area contributed by atoms with Crippen LogP contribution in [0.1, 0.15) is 11.1 Å². The number of fused-ring (bicyclic) bond motifs is 7. The third-order valence-corrected chi connectivity index (χ3v) is 8.54. The van der Waals surface area contributed by atoms with Crippen molar-refractivity contribution < 1.29 is 0 Å². The summed E-state index contributed by atoms with van der Waals surface area (Å²) in [6.45, 7) is 4.32. The lowest BCUT2D eigenvalue weighted by atomic mass is 10.1. The molecule has 0 bridgehead atoms. The molecular formula is C41H30N4. The van der Waals surface area contributed by atoms with Crippen LogP contribution >= 0.6 is 0 Å². The third-order valence-electron chi connectivity index (χ3n) is 8.54. The van der Waals surface area contributed by atoms with Gasteiger partial charge in [-0.15, -0.1) is 0 Å². The van der Waals surface area contributed by atoms with Gasteiger partial charge in [-0.2, -0.15) is 0 Å². The number of hydrogen-bond donors (Lipinski definition) is 0. The Hall–Kier alpha value is -6.00. The van der Waals surface area contributed by atoms with Gasteiger partial charge in [0, 0.05) is 32.8 Å². The second kappa shape index (κ2) is 11.3. The van der Waals surface area contributed by atoms with Gasteiger partial charge in [-0.1, -0.05) is 127 Å². The van der Waals surface area contributed by atoms with Crippen LogP contribution in [0.15, 0.2) is 168 Å². The van der Waals surface area contributed by atoms with Crippen molar-refractivity contribution in [3.05, 3.63) is 169 Å². The lowest BCUT2D eigenvalue weighted by Crippen LogP contribution is -2.04. The normalized spacial score (nSPS) is 12.4. The van der Waals surface area contributed by atoms with Gasteiger partial charge < -0.3 is 9.13 Å². The molecule has 0 N–H and O–H groups in total. The lowest BCUT2D eigenvalue weighted by Gasteiger charge is -2.12. The van der Waals surface area contributed by atoms with E-state index in [9.17, 15) is 0 Å². The van der Waals surface area contributed by atoms with Crippen molar-refractivity contribution in [1.82, 2.24) is 9.13 Å². The molecule has 0 radical (unpaired) electrons. The van der Waals surface area contributed by atoms with E-state index >= 15 is 0 Å². The number of nitrogens with zero attached hydrogens (tertiary/aromatic N) is 4. The van der Waals surface area contributed by atoms with Gasteiger partial charge >= 0.3 is 0 Å². The molecule has 0 saturated carbocycles. The third kappa shape index (κ3) is 4.55. The molecule has 0 saturated heterocycles. The minimum Gasteiger partial charge on any atom is -0.318 e. The Morgan fingerprint density at radius 1 is 0.533 bits per heavy atom. The highest BCUT2D eigenvalue weighted by atomic mass is 15.1. The molecule has 214 valence electrons. The molecule has 45 heavy (non-hydrogen) atoms. The minimum atomic E-state index is 0.430. The van der Waals surface area contributed by atoms with E-state index in [1.54, 1.807) is 0 Å². The second-order valence-corrected chi connectivity index (χ2v) is 11.1. The molecule has 4 nitrogen and oxygen atoms in total. The smallest absolute Gasteiger partial charge is 0.115 e. The largest absolute Gasteiger partial charge is 0.318 e. The van der Waals surface area contributed by atoms with Crippen molar-refractivity contribution >= 4 is 61.7 Å². The first-order valence-electron chi connectivity index (χ1n) is 15.1. The summed E-state index contributed by atoms with van der Waals surface area (Å²) < 4.78 is 4.77. The van der Waals surface area contributed by atoms with E-state index in [1.807, 2.05) is 42.5 Å². The average Bonchev–Trinajstić information content (AvgIpc) is 3.62. The molecule has 2 heterocycles. The molecule has 4 heteroatoms. The Kier molecular flexibility index (Phi) is 6.65. The van der Waals surface area contributed by atoms with Crippen LogP contribution in [0.25, 0.3) is 55.0 Å². The Morgan fingerprint density at radius 3 is 1.73 bits per heavy atom. The summed E-state index contributed by atoms with van der Waals surface area (Å²) in [6, 6.07) is 53.0. The van der Waals surface area contributed by atoms with Gasteiger partial charge in [0.05, 0.1) is 33.5 Å². The molecule has 8 aromatic rings. The van der Waals surface area contributed by atoms with Gasteiger partial charge in [0.1, 0.15) is 6.67 Å². The number of aliphatic imine (C=N–C) groups is 2. The fraction of sp³-hybridized carbons (Fsp3) is 0.0244. The summed E-state index contributed by atoms with van der Waals surface area (Å²) in [6.07, 6.45) is 2.04. The number of rotatable bonds is 7. The summed E-state index contributed by atoms with van der Waals surface area (Å²) in [5.41, 5.74) is 9.48. The molecule has 0 aliphatic rings. The van der Waals surface area contributed by atoms with Crippen molar-refractivity contribution in [2.24, 2.45) is 9.98 Å². The van der Waals surface area contributed by atoms with Crippen LogP contribution in [-0.4, -0.2) is 21.6 Å². The predicted octanol–water partition coefficient (Wildman–Crippen LogP) is 10.1. The quantitative estimate of drug-likeness (QED) is 0.169. The molecule has 2 aromatic heterocycles. The number of allylic oxidation sites excluding steroid dienone is 1. The summed E-state index contributed by atoms with van der Waals surface area (Å²) in [5.74, 6) is 0. The van der Waals surface area contributed by atoms with E-state index in [0.29, 0.717) is 6.67 Å². The van der Waals surface area contributed by atoms with Crippen molar-refractivity contribution in [2.75, 3.05) is 0 Å². The van der Waals surface area contributed by atoms with E-state index in [0.717, 1.165) is 33.7 Å². The Bertz CT molecular complexity index is 2390. The van der Waals surface area contributed by atoms with Crippen LogP contribution in [-0.2, 0) is 6.67 Å². The minimum absolute atomic E-state index is 0.430. The fourth-order valence-electron chi connectivity index (χ4n) is 6.51. The number of benzene rings is 6. The first kappa shape index (κ1) is 26.6. The van der Waals surface area contributed by atoms with Crippen LogP contribution < -0.4 is 0 Å². The molecule has 0 atom stereocenters. The van der Waals surface area contributed by atoms with E-state index in [2.05, 4.69) is 136 Å². The number of para-hydroxylation sites is 3. The zero-order chi connectivity index (χ0) is 30.2. The van der Waals surface area contributed by atoms with Crippen LogP contribution in [0.2, 0.25) is 0 Å². The maximum Gasteiger partial charge on any atom is 0.115 e. The fourth-order valence-corrected chi connectivity index (χ4v) is 6.51. The second-order valence-electron chi connectivity index (χ2n) is 11.1. The zero-order valence-electron chi connectivity index (χ0n) is 24.7. The molecule has 6 aromatic carbocycles. The van der Waals surface area contributed by atoms with Crippen LogP contribution in [0.4, 0.5) is 0 Å².